The molecule has 1 aliphatic heterocycles. The summed E-state index contributed by atoms with van der Waals surface area (Å²) in [5.74, 6) is 1.40. The Bertz CT molecular complexity index is 646. The summed E-state index contributed by atoms with van der Waals surface area (Å²) in [4.78, 5) is 38.6. The normalized spacial score (nSPS) is 17.6. The number of amides is 4. The quantitative estimate of drug-likeness (QED) is 0.663. The van der Waals surface area contributed by atoms with Gasteiger partial charge in [-0.2, -0.15) is 0 Å². The van der Waals surface area contributed by atoms with Crippen molar-refractivity contribution in [2.75, 3.05) is 18.0 Å². The minimum Gasteiger partial charge on any atom is -0.344 e. The van der Waals surface area contributed by atoms with E-state index in [4.69, 9.17) is 6.42 Å². The third-order valence-electron chi connectivity index (χ3n) is 3.45. The summed E-state index contributed by atoms with van der Waals surface area (Å²) in [5.41, 5.74) is 1.68. The predicted molar refractivity (Wildman–Crippen MR) is 82.1 cm³/mol. The number of urea groups is 1. The number of nitrogens with zero attached hydrogens (tertiary/aromatic N) is 2. The van der Waals surface area contributed by atoms with Crippen molar-refractivity contribution in [2.45, 2.75) is 19.9 Å². The Morgan fingerprint density at radius 1 is 1.32 bits per heavy atom. The first-order valence-electron chi connectivity index (χ1n) is 6.87. The molecule has 0 spiro atoms. The third kappa shape index (κ3) is 2.93. The van der Waals surface area contributed by atoms with Gasteiger partial charge in [-0.25, -0.2) is 4.79 Å². The molecular weight excluding hydrogens is 282 g/mol. The lowest BCUT2D eigenvalue weighted by molar-refractivity contribution is -0.131. The van der Waals surface area contributed by atoms with E-state index in [9.17, 15) is 14.4 Å². The van der Waals surface area contributed by atoms with E-state index in [1.54, 1.807) is 19.1 Å². The molecule has 1 N–H and O–H groups in total. The SMILES string of the molecule is C#CCNC(=O)CN1C(=O)[C@@H](C)N(c2ccc(C)cc2)C1=O. The molecule has 1 atom stereocenters. The van der Waals surface area contributed by atoms with Gasteiger partial charge in [0.25, 0.3) is 5.91 Å². The van der Waals surface area contributed by atoms with Gasteiger partial charge in [0.2, 0.25) is 5.91 Å². The lowest BCUT2D eigenvalue weighted by Gasteiger charge is -2.19. The van der Waals surface area contributed by atoms with E-state index in [1.165, 1.54) is 4.90 Å². The minimum atomic E-state index is -0.643. The maximum Gasteiger partial charge on any atom is 0.332 e. The number of nitrogens with one attached hydrogen (secondary N) is 1. The zero-order valence-corrected chi connectivity index (χ0v) is 12.5. The van der Waals surface area contributed by atoms with Crippen molar-refractivity contribution < 1.29 is 14.4 Å². The maximum absolute atomic E-state index is 12.4. The molecule has 6 nitrogen and oxygen atoms in total. The van der Waals surface area contributed by atoms with Crippen LogP contribution >= 0.6 is 0 Å². The second-order valence-corrected chi connectivity index (χ2v) is 5.07. The minimum absolute atomic E-state index is 0.0618. The monoisotopic (exact) mass is 299 g/mol. The number of imide groups is 1. The molecule has 0 radical (unpaired) electrons. The summed E-state index contributed by atoms with van der Waals surface area (Å²) in [5, 5.41) is 2.44. The predicted octanol–water partition coefficient (Wildman–Crippen LogP) is 0.902. The highest BCUT2D eigenvalue weighted by molar-refractivity contribution is 6.15. The molecule has 0 unspecified atom stereocenters. The smallest absolute Gasteiger partial charge is 0.332 e. The van der Waals surface area contributed by atoms with Crippen molar-refractivity contribution >= 4 is 23.5 Å². The average Bonchev–Trinajstić information content (AvgIpc) is 2.70. The second kappa shape index (κ2) is 6.31. The Morgan fingerprint density at radius 2 is 1.95 bits per heavy atom. The van der Waals surface area contributed by atoms with E-state index in [-0.39, 0.29) is 13.1 Å². The van der Waals surface area contributed by atoms with Crippen LogP contribution in [0.5, 0.6) is 0 Å². The van der Waals surface area contributed by atoms with Gasteiger partial charge in [0.05, 0.1) is 6.54 Å². The van der Waals surface area contributed by atoms with Gasteiger partial charge < -0.3 is 5.32 Å². The lowest BCUT2D eigenvalue weighted by atomic mass is 10.2. The van der Waals surface area contributed by atoms with Crippen LogP contribution in [0.25, 0.3) is 0 Å². The topological polar surface area (TPSA) is 69.7 Å². The van der Waals surface area contributed by atoms with Crippen LogP contribution in [0.1, 0.15) is 12.5 Å². The van der Waals surface area contributed by atoms with Gasteiger partial charge in [-0.3, -0.25) is 19.4 Å². The van der Waals surface area contributed by atoms with Gasteiger partial charge in [-0.1, -0.05) is 23.6 Å². The first kappa shape index (κ1) is 15.6. The van der Waals surface area contributed by atoms with Crippen molar-refractivity contribution in [1.82, 2.24) is 10.2 Å². The van der Waals surface area contributed by atoms with Crippen molar-refractivity contribution in [3.8, 4) is 12.3 Å². The molecule has 0 bridgehead atoms. The number of carbonyl (C=O) groups is 3. The molecule has 0 saturated carbocycles. The van der Waals surface area contributed by atoms with Gasteiger partial charge in [0.1, 0.15) is 12.6 Å². The molecule has 1 aromatic carbocycles. The summed E-state index contributed by atoms with van der Waals surface area (Å²) in [7, 11) is 0. The van der Waals surface area contributed by atoms with E-state index < -0.39 is 23.9 Å². The molecule has 114 valence electrons. The lowest BCUT2D eigenvalue weighted by Crippen LogP contribution is -2.41. The van der Waals surface area contributed by atoms with Crippen LogP contribution in [-0.4, -0.2) is 41.9 Å². The first-order chi connectivity index (χ1) is 10.5. The second-order valence-electron chi connectivity index (χ2n) is 5.07. The molecule has 22 heavy (non-hydrogen) atoms. The van der Waals surface area contributed by atoms with Crippen LogP contribution in [-0.2, 0) is 9.59 Å². The van der Waals surface area contributed by atoms with Gasteiger partial charge in [-0.05, 0) is 26.0 Å². The summed E-state index contributed by atoms with van der Waals surface area (Å²) < 4.78 is 0. The van der Waals surface area contributed by atoms with E-state index in [1.807, 2.05) is 19.1 Å². The molecule has 4 amide bonds. The highest BCUT2D eigenvalue weighted by Gasteiger charge is 2.43. The Hall–Kier alpha value is -2.81. The summed E-state index contributed by atoms with van der Waals surface area (Å²) >= 11 is 0. The number of hydrogen-bond donors (Lipinski definition) is 1. The van der Waals surface area contributed by atoms with Gasteiger partial charge in [0.15, 0.2) is 0 Å². The van der Waals surface area contributed by atoms with Crippen LogP contribution in [0.4, 0.5) is 10.5 Å². The number of aryl methyl sites for hydroxylation is 1. The molecule has 6 heteroatoms. The summed E-state index contributed by atoms with van der Waals surface area (Å²) in [6.45, 7) is 3.31. The molecule has 0 aliphatic carbocycles. The molecular formula is C16H17N3O3. The van der Waals surface area contributed by atoms with Crippen LogP contribution in [0, 0.1) is 19.3 Å². The Morgan fingerprint density at radius 3 is 2.55 bits per heavy atom. The van der Waals surface area contributed by atoms with E-state index in [0.717, 1.165) is 10.5 Å². The van der Waals surface area contributed by atoms with E-state index >= 15 is 0 Å². The van der Waals surface area contributed by atoms with Crippen molar-refractivity contribution in [3.63, 3.8) is 0 Å². The van der Waals surface area contributed by atoms with Crippen LogP contribution in [0.2, 0.25) is 0 Å². The number of terminal acetylenes is 1. The summed E-state index contributed by atoms with van der Waals surface area (Å²) in [6.07, 6.45) is 5.05. The van der Waals surface area contributed by atoms with Crippen LogP contribution in [0.3, 0.4) is 0 Å². The van der Waals surface area contributed by atoms with Crippen LogP contribution in [0.15, 0.2) is 24.3 Å². The molecule has 1 aromatic rings. The Balaban J connectivity index is 2.17. The zero-order valence-electron chi connectivity index (χ0n) is 12.5. The molecule has 1 saturated heterocycles. The number of anilines is 1. The highest BCUT2D eigenvalue weighted by Crippen LogP contribution is 2.25. The van der Waals surface area contributed by atoms with Gasteiger partial charge in [-0.15, -0.1) is 6.42 Å². The van der Waals surface area contributed by atoms with E-state index in [0.29, 0.717) is 5.69 Å². The first-order valence-corrected chi connectivity index (χ1v) is 6.87. The maximum atomic E-state index is 12.4. The fraction of sp³-hybridized carbons (Fsp3) is 0.312. The summed E-state index contributed by atoms with van der Waals surface area (Å²) in [6, 6.07) is 6.13. The van der Waals surface area contributed by atoms with Crippen molar-refractivity contribution in [2.24, 2.45) is 0 Å². The van der Waals surface area contributed by atoms with Crippen LogP contribution < -0.4 is 10.2 Å². The fourth-order valence-corrected chi connectivity index (χ4v) is 2.26. The van der Waals surface area contributed by atoms with E-state index in [2.05, 4.69) is 11.2 Å². The largest absolute Gasteiger partial charge is 0.344 e. The standard InChI is InChI=1S/C16H17N3O3/c1-4-9-17-14(20)10-18-15(21)12(3)19(16(18)22)13-7-5-11(2)6-8-13/h1,5-8,12H,9-10H2,2-3H3,(H,17,20)/t12-/m1/s1. The van der Waals surface area contributed by atoms with Gasteiger partial charge in [0, 0.05) is 5.69 Å². The third-order valence-corrected chi connectivity index (χ3v) is 3.45. The Labute approximate surface area is 129 Å². The Kier molecular flexibility index (Phi) is 4.47. The molecule has 2 rings (SSSR count). The van der Waals surface area contributed by atoms with Gasteiger partial charge >= 0.3 is 6.03 Å². The zero-order chi connectivity index (χ0) is 16.3. The number of rotatable bonds is 4. The fourth-order valence-electron chi connectivity index (χ4n) is 2.26. The molecule has 1 heterocycles. The molecule has 1 aliphatic rings. The molecule has 1 fully saturated rings. The molecule has 0 aromatic heterocycles. The number of hydrogen-bond acceptors (Lipinski definition) is 3. The average molecular weight is 299 g/mol. The highest BCUT2D eigenvalue weighted by atomic mass is 16.2. The van der Waals surface area contributed by atoms with Crippen molar-refractivity contribution in [1.29, 1.82) is 0 Å². The number of carbonyl (C=O) groups excluding carboxylic acids is 3. The number of benzene rings is 1. The van der Waals surface area contributed by atoms with Crippen molar-refractivity contribution in [3.05, 3.63) is 29.8 Å².